The summed E-state index contributed by atoms with van der Waals surface area (Å²) in [7, 11) is 0. The van der Waals surface area contributed by atoms with Gasteiger partial charge in [-0.15, -0.1) is 5.10 Å². The fourth-order valence-electron chi connectivity index (χ4n) is 1.42. The first-order valence-electron chi connectivity index (χ1n) is 4.88. The number of nitrogens with two attached hydrogens (primary N) is 1. The molecule has 0 spiro atoms. The molecule has 0 saturated heterocycles. The third kappa shape index (κ3) is 1.79. The van der Waals surface area contributed by atoms with Crippen LogP contribution < -0.4 is 5.73 Å². The maximum atomic E-state index is 6.06. The van der Waals surface area contributed by atoms with E-state index in [0.717, 1.165) is 17.1 Å². The van der Waals surface area contributed by atoms with Crippen LogP contribution in [0.4, 0.5) is 0 Å². The maximum absolute atomic E-state index is 6.06. The van der Waals surface area contributed by atoms with Crippen LogP contribution in [0.5, 0.6) is 0 Å². The molecule has 16 heavy (non-hydrogen) atoms. The lowest BCUT2D eigenvalue weighted by Gasteiger charge is -2.02. The number of nitrogens with zero attached hydrogens (tertiary/aromatic N) is 4. The average Bonchev–Trinajstić information content (AvgIpc) is 2.57. The molecule has 0 fully saturated rings. The molecule has 0 aromatic carbocycles. The van der Waals surface area contributed by atoms with Gasteiger partial charge in [-0.1, -0.05) is 11.6 Å². The van der Waals surface area contributed by atoms with Crippen LogP contribution in [-0.2, 0) is 6.54 Å². The Kier molecular flexibility index (Phi) is 2.89. The predicted octanol–water partition coefficient (Wildman–Crippen LogP) is 1.39. The molecule has 2 heterocycles. The fourth-order valence-corrected chi connectivity index (χ4v) is 1.54. The molecule has 0 amide bonds. The van der Waals surface area contributed by atoms with Crippen molar-refractivity contribution < 1.29 is 0 Å². The molecule has 0 unspecified atom stereocenters. The van der Waals surface area contributed by atoms with Gasteiger partial charge in [0.15, 0.2) is 5.82 Å². The molecule has 0 aliphatic rings. The molecule has 0 bridgehead atoms. The summed E-state index contributed by atoms with van der Waals surface area (Å²) in [6, 6.07) is 3.65. The first-order valence-corrected chi connectivity index (χ1v) is 5.26. The Hall–Kier alpha value is -1.46. The maximum Gasteiger partial charge on any atom is 0.175 e. The van der Waals surface area contributed by atoms with Crippen molar-refractivity contribution in [2.75, 3.05) is 0 Å². The predicted molar refractivity (Wildman–Crippen MR) is 61.5 cm³/mol. The van der Waals surface area contributed by atoms with Gasteiger partial charge in [0, 0.05) is 6.54 Å². The van der Waals surface area contributed by atoms with E-state index in [1.807, 2.05) is 26.0 Å². The molecule has 0 saturated carbocycles. The van der Waals surface area contributed by atoms with Gasteiger partial charge in [0.05, 0.1) is 22.1 Å². The van der Waals surface area contributed by atoms with Crippen LogP contribution in [0.25, 0.3) is 5.82 Å². The third-order valence-corrected chi connectivity index (χ3v) is 2.88. The van der Waals surface area contributed by atoms with Gasteiger partial charge < -0.3 is 5.73 Å². The molecule has 0 radical (unpaired) electrons. The van der Waals surface area contributed by atoms with Crippen LogP contribution in [0.2, 0.25) is 5.02 Å². The highest BCUT2D eigenvalue weighted by molar-refractivity contribution is 6.31. The van der Waals surface area contributed by atoms with Crippen molar-refractivity contribution in [3.8, 4) is 5.82 Å². The van der Waals surface area contributed by atoms with Crippen LogP contribution in [-0.4, -0.2) is 20.0 Å². The van der Waals surface area contributed by atoms with Crippen molar-refractivity contribution in [3.63, 3.8) is 0 Å². The largest absolute Gasteiger partial charge is 0.325 e. The molecule has 2 rings (SSSR count). The van der Waals surface area contributed by atoms with Gasteiger partial charge >= 0.3 is 0 Å². The summed E-state index contributed by atoms with van der Waals surface area (Å²) in [6.45, 7) is 4.12. The van der Waals surface area contributed by atoms with Crippen LogP contribution >= 0.6 is 11.6 Å². The Morgan fingerprint density at radius 2 is 2.06 bits per heavy atom. The summed E-state index contributed by atoms with van der Waals surface area (Å²) in [5.74, 6) is 0.643. The molecule has 2 aromatic rings. The van der Waals surface area contributed by atoms with Crippen molar-refractivity contribution in [1.29, 1.82) is 0 Å². The highest BCUT2D eigenvalue weighted by Gasteiger charge is 2.11. The van der Waals surface area contributed by atoms with Crippen LogP contribution in [0.3, 0.4) is 0 Å². The van der Waals surface area contributed by atoms with E-state index < -0.39 is 0 Å². The number of hydrogen-bond donors (Lipinski definition) is 1. The lowest BCUT2D eigenvalue weighted by atomic mass is 10.4. The van der Waals surface area contributed by atoms with E-state index >= 15 is 0 Å². The SMILES string of the molecule is Cc1nn(-c2ccc(CN)nn2)c(C)c1Cl. The Morgan fingerprint density at radius 3 is 2.50 bits per heavy atom. The van der Waals surface area contributed by atoms with E-state index in [2.05, 4.69) is 15.3 Å². The third-order valence-electron chi connectivity index (χ3n) is 2.33. The molecule has 0 atom stereocenters. The van der Waals surface area contributed by atoms with Gasteiger partial charge in [-0.05, 0) is 26.0 Å². The quantitative estimate of drug-likeness (QED) is 0.857. The number of rotatable bonds is 2. The Labute approximate surface area is 98.2 Å². The topological polar surface area (TPSA) is 69.6 Å². The molecular weight excluding hydrogens is 226 g/mol. The van der Waals surface area contributed by atoms with E-state index in [9.17, 15) is 0 Å². The number of aryl methyl sites for hydroxylation is 1. The molecule has 5 nitrogen and oxygen atoms in total. The van der Waals surface area contributed by atoms with Crippen LogP contribution in [0.1, 0.15) is 17.1 Å². The van der Waals surface area contributed by atoms with Gasteiger partial charge in [-0.3, -0.25) is 0 Å². The molecule has 84 valence electrons. The first kappa shape index (κ1) is 11.0. The Balaban J connectivity index is 2.46. The molecule has 2 aromatic heterocycles. The van der Waals surface area contributed by atoms with Gasteiger partial charge in [0.2, 0.25) is 0 Å². The summed E-state index contributed by atoms with van der Waals surface area (Å²) >= 11 is 6.06. The highest BCUT2D eigenvalue weighted by Crippen LogP contribution is 2.21. The second-order valence-electron chi connectivity index (χ2n) is 3.48. The van der Waals surface area contributed by atoms with Crippen molar-refractivity contribution in [3.05, 3.63) is 34.2 Å². The van der Waals surface area contributed by atoms with Gasteiger partial charge in [0.1, 0.15) is 0 Å². The Morgan fingerprint density at radius 1 is 1.31 bits per heavy atom. The van der Waals surface area contributed by atoms with E-state index in [1.165, 1.54) is 0 Å². The minimum atomic E-state index is 0.380. The highest BCUT2D eigenvalue weighted by atomic mass is 35.5. The van der Waals surface area contributed by atoms with Crippen molar-refractivity contribution >= 4 is 11.6 Å². The van der Waals surface area contributed by atoms with E-state index in [4.69, 9.17) is 17.3 Å². The molecule has 0 aliphatic carbocycles. The second kappa shape index (κ2) is 4.19. The number of halogens is 1. The lowest BCUT2D eigenvalue weighted by Crippen LogP contribution is -2.06. The van der Waals surface area contributed by atoms with Gasteiger partial charge in [-0.2, -0.15) is 10.2 Å². The fraction of sp³-hybridized carbons (Fsp3) is 0.300. The number of hydrogen-bond acceptors (Lipinski definition) is 4. The zero-order valence-corrected chi connectivity index (χ0v) is 9.86. The second-order valence-corrected chi connectivity index (χ2v) is 3.86. The van der Waals surface area contributed by atoms with Crippen LogP contribution in [0, 0.1) is 13.8 Å². The lowest BCUT2D eigenvalue weighted by molar-refractivity contribution is 0.767. The standard InChI is InChI=1S/C10H12ClN5/c1-6-10(11)7(2)16(15-6)9-4-3-8(5-12)13-14-9/h3-4H,5,12H2,1-2H3. The smallest absolute Gasteiger partial charge is 0.175 e. The molecule has 6 heteroatoms. The van der Waals surface area contributed by atoms with Crippen LogP contribution in [0.15, 0.2) is 12.1 Å². The van der Waals surface area contributed by atoms with Crippen molar-refractivity contribution in [2.45, 2.75) is 20.4 Å². The van der Waals surface area contributed by atoms with Crippen molar-refractivity contribution in [1.82, 2.24) is 20.0 Å². The minimum absolute atomic E-state index is 0.380. The molecular formula is C10H12ClN5. The number of aromatic nitrogens is 4. The zero-order valence-electron chi connectivity index (χ0n) is 9.11. The summed E-state index contributed by atoms with van der Waals surface area (Å²) < 4.78 is 1.67. The summed E-state index contributed by atoms with van der Waals surface area (Å²) in [4.78, 5) is 0. The molecule has 2 N–H and O–H groups in total. The zero-order chi connectivity index (χ0) is 11.7. The van der Waals surface area contributed by atoms with E-state index in [1.54, 1.807) is 4.68 Å². The monoisotopic (exact) mass is 237 g/mol. The first-order chi connectivity index (χ1) is 7.63. The van der Waals surface area contributed by atoms with Gasteiger partial charge in [-0.25, -0.2) is 4.68 Å². The van der Waals surface area contributed by atoms with E-state index in [0.29, 0.717) is 17.4 Å². The minimum Gasteiger partial charge on any atom is -0.325 e. The summed E-state index contributed by atoms with van der Waals surface area (Å²) in [5, 5.41) is 13.0. The summed E-state index contributed by atoms with van der Waals surface area (Å²) in [6.07, 6.45) is 0. The summed E-state index contributed by atoms with van der Waals surface area (Å²) in [5.41, 5.74) is 7.83. The Bertz CT molecular complexity index is 503. The normalized spacial score (nSPS) is 10.8. The van der Waals surface area contributed by atoms with Crippen molar-refractivity contribution in [2.24, 2.45) is 5.73 Å². The molecule has 0 aliphatic heterocycles. The van der Waals surface area contributed by atoms with E-state index in [-0.39, 0.29) is 0 Å². The van der Waals surface area contributed by atoms with Gasteiger partial charge in [0.25, 0.3) is 0 Å². The average molecular weight is 238 g/mol.